The summed E-state index contributed by atoms with van der Waals surface area (Å²) in [6.07, 6.45) is 1.57. The lowest BCUT2D eigenvalue weighted by molar-refractivity contribution is -0.152. The van der Waals surface area contributed by atoms with Gasteiger partial charge in [0.25, 0.3) is 0 Å². The highest BCUT2D eigenvalue weighted by molar-refractivity contribution is 6.34. The molecule has 2 amide bonds. The number of nitrogens with one attached hydrogen (secondary N) is 1. The fourth-order valence-corrected chi connectivity index (χ4v) is 3.56. The number of amides is 2. The third-order valence-corrected chi connectivity index (χ3v) is 5.02. The monoisotopic (exact) mass is 371 g/mol. The SMILES string of the molecule is CCN(CC)C(=O)C(=O)N1CCC[C@H](c2n[nH]c(=O)n2-c2ccccc2)C1. The molecule has 1 fully saturated rings. The molecule has 0 spiro atoms. The number of likely N-dealkylation sites (tertiary alicyclic amines) is 1. The Balaban J connectivity index is 1.83. The first kappa shape index (κ1) is 18.9. The van der Waals surface area contributed by atoms with Crippen molar-refractivity contribution in [2.45, 2.75) is 32.6 Å². The number of carbonyl (C=O) groups is 2. The second kappa shape index (κ2) is 8.20. The van der Waals surface area contributed by atoms with Crippen LogP contribution in [0.3, 0.4) is 0 Å². The van der Waals surface area contributed by atoms with Crippen LogP contribution >= 0.6 is 0 Å². The van der Waals surface area contributed by atoms with Gasteiger partial charge in [0.1, 0.15) is 5.82 Å². The number of piperidine rings is 1. The van der Waals surface area contributed by atoms with Gasteiger partial charge in [-0.3, -0.25) is 9.59 Å². The van der Waals surface area contributed by atoms with Gasteiger partial charge in [0.15, 0.2) is 0 Å². The highest BCUT2D eigenvalue weighted by Crippen LogP contribution is 2.26. The summed E-state index contributed by atoms with van der Waals surface area (Å²) in [5.41, 5.74) is 0.424. The average Bonchev–Trinajstić information content (AvgIpc) is 3.10. The first-order chi connectivity index (χ1) is 13.1. The van der Waals surface area contributed by atoms with Crippen LogP contribution in [0, 0.1) is 0 Å². The standard InChI is InChI=1S/C19H25N5O3/c1-3-22(4-2)17(25)18(26)23-12-8-9-14(13-23)16-20-21-19(27)24(16)15-10-6-5-7-11-15/h5-7,10-11,14H,3-4,8-9,12-13H2,1-2H3,(H,21,27)/t14-/m0/s1. The zero-order chi connectivity index (χ0) is 19.4. The summed E-state index contributed by atoms with van der Waals surface area (Å²) in [4.78, 5) is 40.4. The van der Waals surface area contributed by atoms with Gasteiger partial charge >= 0.3 is 17.5 Å². The second-order valence-corrected chi connectivity index (χ2v) is 6.63. The Morgan fingerprint density at radius 1 is 1.22 bits per heavy atom. The number of aromatic nitrogens is 3. The van der Waals surface area contributed by atoms with E-state index in [9.17, 15) is 14.4 Å². The molecule has 3 rings (SSSR count). The van der Waals surface area contributed by atoms with Gasteiger partial charge in [-0.05, 0) is 38.8 Å². The molecule has 0 aliphatic carbocycles. The van der Waals surface area contributed by atoms with Crippen molar-refractivity contribution in [1.29, 1.82) is 0 Å². The van der Waals surface area contributed by atoms with Crippen LogP contribution in [0.25, 0.3) is 5.69 Å². The van der Waals surface area contributed by atoms with Crippen molar-refractivity contribution in [2.24, 2.45) is 0 Å². The zero-order valence-electron chi connectivity index (χ0n) is 15.7. The van der Waals surface area contributed by atoms with Crippen LogP contribution in [-0.2, 0) is 9.59 Å². The summed E-state index contributed by atoms with van der Waals surface area (Å²) in [5, 5.41) is 6.73. The molecule has 0 bridgehead atoms. The molecule has 8 nitrogen and oxygen atoms in total. The molecule has 1 saturated heterocycles. The van der Waals surface area contributed by atoms with Crippen LogP contribution in [-0.4, -0.2) is 62.6 Å². The molecule has 0 saturated carbocycles. The minimum atomic E-state index is -0.479. The summed E-state index contributed by atoms with van der Waals surface area (Å²) >= 11 is 0. The molecule has 1 aromatic heterocycles. The molecule has 2 heterocycles. The molecular weight excluding hydrogens is 346 g/mol. The van der Waals surface area contributed by atoms with Crippen molar-refractivity contribution in [3.63, 3.8) is 0 Å². The Morgan fingerprint density at radius 3 is 2.59 bits per heavy atom. The van der Waals surface area contributed by atoms with Crippen LogP contribution in [0.1, 0.15) is 38.4 Å². The summed E-state index contributed by atoms with van der Waals surface area (Å²) in [7, 11) is 0. The van der Waals surface area contributed by atoms with Crippen LogP contribution in [0.4, 0.5) is 0 Å². The molecule has 0 unspecified atom stereocenters. The molecule has 27 heavy (non-hydrogen) atoms. The van der Waals surface area contributed by atoms with E-state index in [2.05, 4.69) is 10.2 Å². The lowest BCUT2D eigenvalue weighted by Gasteiger charge is -2.33. The van der Waals surface area contributed by atoms with Gasteiger partial charge in [0, 0.05) is 32.1 Å². The van der Waals surface area contributed by atoms with E-state index >= 15 is 0 Å². The number of rotatable bonds is 4. The van der Waals surface area contributed by atoms with Gasteiger partial charge < -0.3 is 9.80 Å². The van der Waals surface area contributed by atoms with Crippen LogP contribution in [0.15, 0.2) is 35.1 Å². The van der Waals surface area contributed by atoms with Gasteiger partial charge in [0.05, 0.1) is 5.69 Å². The largest absolute Gasteiger partial charge is 0.347 e. The van der Waals surface area contributed by atoms with E-state index in [4.69, 9.17) is 0 Å². The fraction of sp³-hybridized carbons (Fsp3) is 0.474. The number of likely N-dealkylation sites (N-methyl/N-ethyl adjacent to an activating group) is 1. The van der Waals surface area contributed by atoms with E-state index < -0.39 is 11.8 Å². The molecule has 1 atom stereocenters. The van der Waals surface area contributed by atoms with Gasteiger partial charge in [-0.25, -0.2) is 14.5 Å². The highest BCUT2D eigenvalue weighted by Gasteiger charge is 2.32. The summed E-state index contributed by atoms with van der Waals surface area (Å²) in [6, 6.07) is 9.29. The van der Waals surface area contributed by atoms with E-state index in [1.54, 1.807) is 9.47 Å². The predicted molar refractivity (Wildman–Crippen MR) is 101 cm³/mol. The molecule has 1 N–H and O–H groups in total. The number of aromatic amines is 1. The Bertz CT molecular complexity index is 854. The van der Waals surface area contributed by atoms with Crippen molar-refractivity contribution in [2.75, 3.05) is 26.2 Å². The van der Waals surface area contributed by atoms with E-state index in [-0.39, 0.29) is 11.6 Å². The van der Waals surface area contributed by atoms with Crippen molar-refractivity contribution in [3.8, 4) is 5.69 Å². The predicted octanol–water partition coefficient (Wildman–Crippen LogP) is 1.13. The van der Waals surface area contributed by atoms with Gasteiger partial charge in [-0.1, -0.05) is 18.2 Å². The normalized spacial score (nSPS) is 17.0. The Kier molecular flexibility index (Phi) is 5.73. The van der Waals surface area contributed by atoms with Crippen molar-refractivity contribution >= 4 is 11.8 Å². The molecule has 1 aliphatic rings. The summed E-state index contributed by atoms with van der Waals surface area (Å²) in [5.74, 6) is -0.457. The molecule has 8 heteroatoms. The van der Waals surface area contributed by atoms with Crippen LogP contribution < -0.4 is 5.69 Å². The lowest BCUT2D eigenvalue weighted by atomic mass is 9.96. The van der Waals surface area contributed by atoms with Crippen molar-refractivity contribution < 1.29 is 9.59 Å². The van der Waals surface area contributed by atoms with Gasteiger partial charge in [-0.15, -0.1) is 0 Å². The smallest absolute Gasteiger partial charge is 0.335 e. The fourth-order valence-electron chi connectivity index (χ4n) is 3.56. The summed E-state index contributed by atoms with van der Waals surface area (Å²) in [6.45, 7) is 5.65. The number of para-hydroxylation sites is 1. The molecule has 1 aromatic carbocycles. The third kappa shape index (κ3) is 3.79. The molecule has 0 radical (unpaired) electrons. The Labute approximate surface area is 157 Å². The maximum atomic E-state index is 12.6. The minimum Gasteiger partial charge on any atom is -0.335 e. The van der Waals surface area contributed by atoms with E-state index in [0.29, 0.717) is 32.0 Å². The third-order valence-electron chi connectivity index (χ3n) is 5.02. The first-order valence-electron chi connectivity index (χ1n) is 9.37. The van der Waals surface area contributed by atoms with E-state index in [1.807, 2.05) is 44.2 Å². The highest BCUT2D eigenvalue weighted by atomic mass is 16.2. The zero-order valence-corrected chi connectivity index (χ0v) is 15.7. The maximum absolute atomic E-state index is 12.6. The van der Waals surface area contributed by atoms with Crippen LogP contribution in [0.2, 0.25) is 0 Å². The summed E-state index contributed by atoms with van der Waals surface area (Å²) < 4.78 is 1.55. The number of hydrogen-bond acceptors (Lipinski definition) is 4. The van der Waals surface area contributed by atoms with Crippen molar-refractivity contribution in [3.05, 3.63) is 46.6 Å². The number of benzene rings is 1. The molecule has 2 aromatic rings. The van der Waals surface area contributed by atoms with E-state index in [1.165, 1.54) is 4.90 Å². The average molecular weight is 371 g/mol. The topological polar surface area (TPSA) is 91.3 Å². The quantitative estimate of drug-likeness (QED) is 0.816. The maximum Gasteiger partial charge on any atom is 0.347 e. The molecule has 144 valence electrons. The van der Waals surface area contributed by atoms with Gasteiger partial charge in [0.2, 0.25) is 0 Å². The number of hydrogen-bond donors (Lipinski definition) is 1. The lowest BCUT2D eigenvalue weighted by Crippen LogP contribution is -2.48. The number of nitrogens with zero attached hydrogens (tertiary/aromatic N) is 4. The molecular formula is C19H25N5O3. The van der Waals surface area contributed by atoms with E-state index in [0.717, 1.165) is 18.5 Å². The first-order valence-corrected chi connectivity index (χ1v) is 9.37. The Morgan fingerprint density at radius 2 is 1.93 bits per heavy atom. The number of carbonyl (C=O) groups excluding carboxylic acids is 2. The van der Waals surface area contributed by atoms with Gasteiger partial charge in [-0.2, -0.15) is 5.10 Å². The number of H-pyrrole nitrogens is 1. The minimum absolute atomic E-state index is 0.105. The van der Waals surface area contributed by atoms with Crippen molar-refractivity contribution in [1.82, 2.24) is 24.6 Å². The van der Waals surface area contributed by atoms with Crippen LogP contribution in [0.5, 0.6) is 0 Å². The Hall–Kier alpha value is -2.90. The molecule has 1 aliphatic heterocycles. The second-order valence-electron chi connectivity index (χ2n) is 6.63.